The van der Waals surface area contributed by atoms with E-state index in [0.717, 1.165) is 27.5 Å². The SMILES string of the molecule is Cc1ccc(-c2ccc3cc(CO)ccc3c2)c(F)c1. The first kappa shape index (κ1) is 12.8. The Bertz CT molecular complexity index is 777. The summed E-state index contributed by atoms with van der Waals surface area (Å²) in [5, 5.41) is 11.2. The number of rotatable bonds is 2. The van der Waals surface area contributed by atoms with E-state index in [1.165, 1.54) is 0 Å². The molecule has 20 heavy (non-hydrogen) atoms. The summed E-state index contributed by atoms with van der Waals surface area (Å²) in [6.07, 6.45) is 0. The van der Waals surface area contributed by atoms with Crippen LogP contribution in [0, 0.1) is 12.7 Å². The average Bonchev–Trinajstić information content (AvgIpc) is 2.46. The smallest absolute Gasteiger partial charge is 0.131 e. The minimum Gasteiger partial charge on any atom is -0.392 e. The van der Waals surface area contributed by atoms with Crippen LogP contribution in [-0.2, 0) is 6.61 Å². The largest absolute Gasteiger partial charge is 0.392 e. The number of aliphatic hydroxyl groups excluding tert-OH is 1. The summed E-state index contributed by atoms with van der Waals surface area (Å²) < 4.78 is 14.0. The van der Waals surface area contributed by atoms with Crippen LogP contribution in [0.4, 0.5) is 4.39 Å². The van der Waals surface area contributed by atoms with Gasteiger partial charge in [0.2, 0.25) is 0 Å². The number of benzene rings is 3. The number of halogens is 1. The molecule has 3 aromatic carbocycles. The monoisotopic (exact) mass is 266 g/mol. The highest BCUT2D eigenvalue weighted by molar-refractivity contribution is 5.88. The third-order valence-corrected chi connectivity index (χ3v) is 3.52. The quantitative estimate of drug-likeness (QED) is 0.726. The molecule has 1 N–H and O–H groups in total. The van der Waals surface area contributed by atoms with Gasteiger partial charge in [-0.2, -0.15) is 0 Å². The molecule has 0 aliphatic rings. The molecule has 0 aliphatic carbocycles. The number of aryl methyl sites for hydroxylation is 1. The Morgan fingerprint density at radius 3 is 2.40 bits per heavy atom. The highest BCUT2D eigenvalue weighted by atomic mass is 19.1. The molecule has 1 nitrogen and oxygen atoms in total. The van der Waals surface area contributed by atoms with Crippen LogP contribution in [0.25, 0.3) is 21.9 Å². The zero-order valence-electron chi connectivity index (χ0n) is 11.2. The van der Waals surface area contributed by atoms with E-state index in [0.29, 0.717) is 5.56 Å². The predicted molar refractivity (Wildman–Crippen MR) is 80.0 cm³/mol. The van der Waals surface area contributed by atoms with Crippen molar-refractivity contribution in [3.05, 3.63) is 71.5 Å². The summed E-state index contributed by atoms with van der Waals surface area (Å²) in [5.74, 6) is -0.198. The Morgan fingerprint density at radius 2 is 1.65 bits per heavy atom. The molecule has 0 saturated carbocycles. The van der Waals surface area contributed by atoms with Gasteiger partial charge in [-0.05, 0) is 52.6 Å². The Hall–Kier alpha value is -2.19. The van der Waals surface area contributed by atoms with Crippen molar-refractivity contribution < 1.29 is 9.50 Å². The second-order valence-electron chi connectivity index (χ2n) is 5.04. The maximum Gasteiger partial charge on any atom is 0.131 e. The fourth-order valence-electron chi connectivity index (χ4n) is 2.42. The normalized spacial score (nSPS) is 10.9. The highest BCUT2D eigenvalue weighted by Gasteiger charge is 2.06. The molecule has 3 aromatic rings. The van der Waals surface area contributed by atoms with Crippen molar-refractivity contribution in [3.63, 3.8) is 0 Å². The lowest BCUT2D eigenvalue weighted by molar-refractivity contribution is 0.282. The molecule has 2 heteroatoms. The Labute approximate surface area is 117 Å². The van der Waals surface area contributed by atoms with Gasteiger partial charge in [0.05, 0.1) is 6.61 Å². The van der Waals surface area contributed by atoms with Crippen molar-refractivity contribution in [1.29, 1.82) is 0 Å². The molecule has 0 unspecified atom stereocenters. The van der Waals surface area contributed by atoms with Crippen LogP contribution >= 0.6 is 0 Å². The minimum absolute atomic E-state index is 0.0320. The molecule has 0 amide bonds. The average molecular weight is 266 g/mol. The molecule has 0 fully saturated rings. The van der Waals surface area contributed by atoms with E-state index >= 15 is 0 Å². The van der Waals surface area contributed by atoms with E-state index in [1.807, 2.05) is 55.5 Å². The van der Waals surface area contributed by atoms with Crippen LogP contribution in [-0.4, -0.2) is 5.11 Å². The molecule has 0 bridgehead atoms. The van der Waals surface area contributed by atoms with E-state index in [9.17, 15) is 4.39 Å². The van der Waals surface area contributed by atoms with Crippen molar-refractivity contribution >= 4 is 10.8 Å². The topological polar surface area (TPSA) is 20.2 Å². The molecular weight excluding hydrogens is 251 g/mol. The van der Waals surface area contributed by atoms with Crippen molar-refractivity contribution in [2.45, 2.75) is 13.5 Å². The lowest BCUT2D eigenvalue weighted by Gasteiger charge is -2.07. The van der Waals surface area contributed by atoms with Crippen molar-refractivity contribution in [1.82, 2.24) is 0 Å². The van der Waals surface area contributed by atoms with Gasteiger partial charge in [0, 0.05) is 5.56 Å². The summed E-state index contributed by atoms with van der Waals surface area (Å²) in [6.45, 7) is 1.91. The third-order valence-electron chi connectivity index (χ3n) is 3.52. The fourth-order valence-corrected chi connectivity index (χ4v) is 2.42. The molecule has 0 spiro atoms. The van der Waals surface area contributed by atoms with Gasteiger partial charge in [-0.3, -0.25) is 0 Å². The van der Waals surface area contributed by atoms with Gasteiger partial charge in [0.25, 0.3) is 0 Å². The van der Waals surface area contributed by atoms with E-state index in [4.69, 9.17) is 5.11 Å². The zero-order chi connectivity index (χ0) is 14.1. The van der Waals surface area contributed by atoms with E-state index in [2.05, 4.69) is 0 Å². The summed E-state index contributed by atoms with van der Waals surface area (Å²) >= 11 is 0. The first-order chi connectivity index (χ1) is 9.67. The van der Waals surface area contributed by atoms with Crippen LogP contribution in [0.5, 0.6) is 0 Å². The number of hydrogen-bond donors (Lipinski definition) is 1. The molecule has 0 aromatic heterocycles. The number of hydrogen-bond acceptors (Lipinski definition) is 1. The maximum absolute atomic E-state index is 14.0. The van der Waals surface area contributed by atoms with Gasteiger partial charge in [-0.15, -0.1) is 0 Å². The molecule has 0 radical (unpaired) electrons. The maximum atomic E-state index is 14.0. The van der Waals surface area contributed by atoms with Crippen LogP contribution in [0.15, 0.2) is 54.6 Å². The van der Waals surface area contributed by atoms with Gasteiger partial charge in [0.1, 0.15) is 5.82 Å². The number of fused-ring (bicyclic) bond motifs is 1. The van der Waals surface area contributed by atoms with Gasteiger partial charge >= 0.3 is 0 Å². The fraction of sp³-hybridized carbons (Fsp3) is 0.111. The molecule has 0 aliphatic heterocycles. The van der Waals surface area contributed by atoms with Gasteiger partial charge in [-0.25, -0.2) is 4.39 Å². The Kier molecular flexibility index (Phi) is 3.25. The van der Waals surface area contributed by atoms with E-state index in [-0.39, 0.29) is 12.4 Å². The zero-order valence-corrected chi connectivity index (χ0v) is 11.2. The first-order valence-corrected chi connectivity index (χ1v) is 6.57. The predicted octanol–water partition coefficient (Wildman–Crippen LogP) is 4.45. The first-order valence-electron chi connectivity index (χ1n) is 6.57. The second kappa shape index (κ2) is 5.06. The van der Waals surface area contributed by atoms with Gasteiger partial charge < -0.3 is 5.11 Å². The number of aliphatic hydroxyl groups is 1. The molecule has 0 saturated heterocycles. The van der Waals surface area contributed by atoms with E-state index < -0.39 is 0 Å². The molecular formula is C18H15FO. The summed E-state index contributed by atoms with van der Waals surface area (Å²) in [5.41, 5.74) is 3.28. The molecule has 3 rings (SSSR count). The molecule has 0 heterocycles. The third kappa shape index (κ3) is 2.30. The van der Waals surface area contributed by atoms with Crippen LogP contribution < -0.4 is 0 Å². The standard InChI is InChI=1S/C18H15FO/c1-12-2-7-17(18(19)8-12)16-6-5-14-9-13(11-20)3-4-15(14)10-16/h2-10,20H,11H2,1H3. The van der Waals surface area contributed by atoms with Crippen LogP contribution in [0.1, 0.15) is 11.1 Å². The van der Waals surface area contributed by atoms with Crippen LogP contribution in [0.3, 0.4) is 0 Å². The van der Waals surface area contributed by atoms with Gasteiger partial charge in [-0.1, -0.05) is 36.4 Å². The van der Waals surface area contributed by atoms with Crippen molar-refractivity contribution in [2.75, 3.05) is 0 Å². The van der Waals surface area contributed by atoms with Gasteiger partial charge in [0.15, 0.2) is 0 Å². The molecule has 0 atom stereocenters. The lowest BCUT2D eigenvalue weighted by atomic mass is 9.99. The Morgan fingerprint density at radius 1 is 0.900 bits per heavy atom. The summed E-state index contributed by atoms with van der Waals surface area (Å²) in [7, 11) is 0. The summed E-state index contributed by atoms with van der Waals surface area (Å²) in [6, 6.07) is 16.9. The van der Waals surface area contributed by atoms with Crippen molar-refractivity contribution in [2.24, 2.45) is 0 Å². The molecule has 100 valence electrons. The second-order valence-corrected chi connectivity index (χ2v) is 5.04. The minimum atomic E-state index is -0.198. The Balaban J connectivity index is 2.13. The van der Waals surface area contributed by atoms with Crippen molar-refractivity contribution in [3.8, 4) is 11.1 Å². The highest BCUT2D eigenvalue weighted by Crippen LogP contribution is 2.27. The lowest BCUT2D eigenvalue weighted by Crippen LogP contribution is -1.87. The summed E-state index contributed by atoms with van der Waals surface area (Å²) in [4.78, 5) is 0. The van der Waals surface area contributed by atoms with E-state index in [1.54, 1.807) is 6.07 Å². The van der Waals surface area contributed by atoms with Crippen LogP contribution in [0.2, 0.25) is 0 Å².